The van der Waals surface area contributed by atoms with E-state index in [1.54, 1.807) is 0 Å². The van der Waals surface area contributed by atoms with E-state index in [1.807, 2.05) is 39.0 Å². The molecular weight excluding hydrogens is 244 g/mol. The Labute approximate surface area is 113 Å². The summed E-state index contributed by atoms with van der Waals surface area (Å²) in [5.41, 5.74) is 0.729. The lowest BCUT2D eigenvalue weighted by molar-refractivity contribution is -0.142. The molecule has 1 N–H and O–H groups in total. The van der Waals surface area contributed by atoms with Crippen molar-refractivity contribution in [1.29, 1.82) is 0 Å². The van der Waals surface area contributed by atoms with Crippen LogP contribution < -0.4 is 0 Å². The first-order valence-electron chi connectivity index (χ1n) is 6.84. The number of fused-ring (bicyclic) bond motifs is 2. The van der Waals surface area contributed by atoms with Gasteiger partial charge < -0.3 is 14.6 Å². The summed E-state index contributed by atoms with van der Waals surface area (Å²) in [6.45, 7) is 5.80. The maximum absolute atomic E-state index is 11.7. The number of allylic oxidation sites excluding steroid dienone is 2. The Kier molecular flexibility index (Phi) is 2.84. The third-order valence-electron chi connectivity index (χ3n) is 4.54. The van der Waals surface area contributed by atoms with E-state index >= 15 is 0 Å². The van der Waals surface area contributed by atoms with Crippen molar-refractivity contribution in [1.82, 2.24) is 0 Å². The van der Waals surface area contributed by atoms with E-state index in [1.165, 1.54) is 0 Å². The van der Waals surface area contributed by atoms with Gasteiger partial charge in [0.25, 0.3) is 0 Å². The van der Waals surface area contributed by atoms with E-state index in [2.05, 4.69) is 0 Å². The van der Waals surface area contributed by atoms with Crippen molar-refractivity contribution in [2.45, 2.75) is 51.1 Å². The number of rotatable bonds is 0. The van der Waals surface area contributed by atoms with Crippen LogP contribution in [0.1, 0.15) is 27.2 Å². The molecule has 0 radical (unpaired) electrons. The van der Waals surface area contributed by atoms with Crippen LogP contribution in [-0.2, 0) is 14.3 Å². The van der Waals surface area contributed by atoms with Crippen molar-refractivity contribution in [3.05, 3.63) is 23.8 Å². The molecule has 4 heteroatoms. The highest BCUT2D eigenvalue weighted by molar-refractivity contribution is 5.75. The molecular formula is C15H20O4. The molecule has 0 bridgehead atoms. The molecule has 0 aromatic rings. The molecule has 3 rings (SSSR count). The first-order chi connectivity index (χ1) is 8.90. The lowest BCUT2D eigenvalue weighted by Gasteiger charge is -2.25. The van der Waals surface area contributed by atoms with Crippen LogP contribution in [0.25, 0.3) is 0 Å². The van der Waals surface area contributed by atoms with Gasteiger partial charge >= 0.3 is 5.97 Å². The van der Waals surface area contributed by atoms with E-state index in [4.69, 9.17) is 9.47 Å². The number of epoxide rings is 1. The molecule has 0 saturated carbocycles. The van der Waals surface area contributed by atoms with Crippen LogP contribution in [0, 0.1) is 11.8 Å². The second-order valence-electron chi connectivity index (χ2n) is 6.16. The summed E-state index contributed by atoms with van der Waals surface area (Å²) >= 11 is 0. The van der Waals surface area contributed by atoms with Crippen LogP contribution in [0.3, 0.4) is 0 Å². The maximum atomic E-state index is 11.7. The van der Waals surface area contributed by atoms with Crippen LogP contribution in [0.15, 0.2) is 23.8 Å². The standard InChI is InChI=1S/C15H20O4/c1-8-4-5-12-15(3,19-12)7-10(16)13-9(2)14(17)18-11(13)6-8/h4-6,9-13,16H,7H2,1-3H3. The Morgan fingerprint density at radius 2 is 2.21 bits per heavy atom. The molecule has 2 saturated heterocycles. The maximum Gasteiger partial charge on any atom is 0.309 e. The third kappa shape index (κ3) is 2.13. The zero-order chi connectivity index (χ0) is 13.8. The molecule has 19 heavy (non-hydrogen) atoms. The first-order valence-corrected chi connectivity index (χ1v) is 6.84. The average molecular weight is 264 g/mol. The average Bonchev–Trinajstić information content (AvgIpc) is 2.86. The van der Waals surface area contributed by atoms with Gasteiger partial charge in [0.2, 0.25) is 0 Å². The summed E-state index contributed by atoms with van der Waals surface area (Å²) in [5, 5.41) is 10.5. The van der Waals surface area contributed by atoms with Gasteiger partial charge in [0, 0.05) is 12.3 Å². The summed E-state index contributed by atoms with van der Waals surface area (Å²) in [7, 11) is 0. The van der Waals surface area contributed by atoms with Gasteiger partial charge in [-0.05, 0) is 19.9 Å². The summed E-state index contributed by atoms with van der Waals surface area (Å²) in [6, 6.07) is 0. The molecule has 0 spiro atoms. The number of ether oxygens (including phenoxy) is 2. The van der Waals surface area contributed by atoms with Gasteiger partial charge in [0.15, 0.2) is 0 Å². The van der Waals surface area contributed by atoms with E-state index in [9.17, 15) is 9.90 Å². The zero-order valence-electron chi connectivity index (χ0n) is 11.5. The van der Waals surface area contributed by atoms with Gasteiger partial charge in [-0.1, -0.05) is 24.6 Å². The molecule has 6 unspecified atom stereocenters. The number of hydrogen-bond acceptors (Lipinski definition) is 4. The molecule has 1 aliphatic carbocycles. The van der Waals surface area contributed by atoms with Gasteiger partial charge in [0.05, 0.1) is 17.6 Å². The Morgan fingerprint density at radius 1 is 1.47 bits per heavy atom. The number of hydrogen-bond donors (Lipinski definition) is 1. The van der Waals surface area contributed by atoms with Crippen LogP contribution in [0.4, 0.5) is 0 Å². The fourth-order valence-corrected chi connectivity index (χ4v) is 3.23. The fourth-order valence-electron chi connectivity index (χ4n) is 3.23. The minimum atomic E-state index is -0.586. The van der Waals surface area contributed by atoms with E-state index in [0.717, 1.165) is 5.57 Å². The number of aliphatic hydroxyl groups excluding tert-OH is 1. The summed E-state index contributed by atoms with van der Waals surface area (Å²) in [5.74, 6) is -0.677. The molecule has 104 valence electrons. The monoisotopic (exact) mass is 264 g/mol. The van der Waals surface area contributed by atoms with Gasteiger partial charge in [-0.2, -0.15) is 0 Å². The van der Waals surface area contributed by atoms with E-state index in [-0.39, 0.29) is 35.6 Å². The SMILES string of the molecule is CC1=CC2OC(=O)C(C)C2C(O)CC2(C)OC2C=C1. The third-order valence-corrected chi connectivity index (χ3v) is 4.54. The van der Waals surface area contributed by atoms with Crippen LogP contribution in [0.5, 0.6) is 0 Å². The highest BCUT2D eigenvalue weighted by Gasteiger charge is 2.55. The van der Waals surface area contributed by atoms with Crippen LogP contribution in [0.2, 0.25) is 0 Å². The van der Waals surface area contributed by atoms with Crippen molar-refractivity contribution < 1.29 is 19.4 Å². The molecule has 4 nitrogen and oxygen atoms in total. The lowest BCUT2D eigenvalue weighted by Crippen LogP contribution is -2.35. The molecule has 0 aromatic carbocycles. The number of aliphatic hydroxyl groups is 1. The predicted octanol–water partition coefficient (Wildman–Crippen LogP) is 1.59. The number of carbonyl (C=O) groups excluding carboxylic acids is 1. The minimum Gasteiger partial charge on any atom is -0.457 e. The number of esters is 1. The van der Waals surface area contributed by atoms with Crippen LogP contribution >= 0.6 is 0 Å². The zero-order valence-corrected chi connectivity index (χ0v) is 11.5. The van der Waals surface area contributed by atoms with E-state index in [0.29, 0.717) is 6.42 Å². The Hall–Kier alpha value is -1.13. The summed E-state index contributed by atoms with van der Waals surface area (Å²) in [6.07, 6.45) is 5.63. The van der Waals surface area contributed by atoms with Crippen LogP contribution in [-0.4, -0.2) is 35.0 Å². The Balaban J connectivity index is 1.95. The lowest BCUT2D eigenvalue weighted by atomic mass is 9.81. The number of carbonyl (C=O) groups is 1. The van der Waals surface area contributed by atoms with Crippen molar-refractivity contribution in [2.24, 2.45) is 11.8 Å². The molecule has 2 fully saturated rings. The summed E-state index contributed by atoms with van der Waals surface area (Å²) in [4.78, 5) is 11.7. The second-order valence-corrected chi connectivity index (χ2v) is 6.16. The summed E-state index contributed by atoms with van der Waals surface area (Å²) < 4.78 is 11.0. The fraction of sp³-hybridized carbons (Fsp3) is 0.667. The second kappa shape index (κ2) is 4.18. The van der Waals surface area contributed by atoms with Crippen molar-refractivity contribution >= 4 is 5.97 Å². The highest BCUT2D eigenvalue weighted by atomic mass is 16.6. The minimum absolute atomic E-state index is 0.0652. The first kappa shape index (κ1) is 12.9. The molecule has 3 aliphatic rings. The molecule has 2 aliphatic heterocycles. The van der Waals surface area contributed by atoms with Gasteiger partial charge in [-0.3, -0.25) is 4.79 Å². The predicted molar refractivity (Wildman–Crippen MR) is 69.3 cm³/mol. The van der Waals surface area contributed by atoms with Gasteiger partial charge in [-0.25, -0.2) is 0 Å². The Morgan fingerprint density at radius 3 is 2.95 bits per heavy atom. The highest BCUT2D eigenvalue weighted by Crippen LogP contribution is 2.45. The Bertz CT molecular complexity index is 467. The molecule has 0 amide bonds. The van der Waals surface area contributed by atoms with Gasteiger partial charge in [0.1, 0.15) is 12.2 Å². The van der Waals surface area contributed by atoms with Crippen molar-refractivity contribution in [3.8, 4) is 0 Å². The van der Waals surface area contributed by atoms with Gasteiger partial charge in [-0.15, -0.1) is 0 Å². The van der Waals surface area contributed by atoms with Crippen molar-refractivity contribution in [3.63, 3.8) is 0 Å². The molecule has 0 aromatic heterocycles. The largest absolute Gasteiger partial charge is 0.457 e. The smallest absolute Gasteiger partial charge is 0.309 e. The quantitative estimate of drug-likeness (QED) is 0.533. The van der Waals surface area contributed by atoms with Crippen molar-refractivity contribution in [2.75, 3.05) is 0 Å². The van der Waals surface area contributed by atoms with E-state index < -0.39 is 6.10 Å². The topological polar surface area (TPSA) is 59.1 Å². The normalized spacial score (nSPS) is 48.9. The molecule has 2 heterocycles. The molecule has 6 atom stereocenters.